The Hall–Kier alpha value is -1.76. The minimum atomic E-state index is -2.91. The summed E-state index contributed by atoms with van der Waals surface area (Å²) in [5, 5.41) is 6.46. The van der Waals surface area contributed by atoms with Gasteiger partial charge in [0.05, 0.1) is 25.2 Å². The van der Waals surface area contributed by atoms with Gasteiger partial charge in [0.1, 0.15) is 5.75 Å². The molecule has 25 heavy (non-hydrogen) atoms. The second-order valence-electron chi connectivity index (χ2n) is 7.05. The number of rotatable bonds is 6. The normalized spacial score (nSPS) is 20.3. The molecule has 0 spiro atoms. The van der Waals surface area contributed by atoms with Crippen molar-refractivity contribution in [3.05, 3.63) is 29.8 Å². The van der Waals surface area contributed by atoms with E-state index in [1.807, 2.05) is 19.1 Å². The summed E-state index contributed by atoms with van der Waals surface area (Å²) in [5.41, 5.74) is 1.03. The molecule has 0 aromatic heterocycles. The number of guanidine groups is 1. The third-order valence-electron chi connectivity index (χ3n) is 4.42. The predicted octanol–water partition coefficient (Wildman–Crippen LogP) is 1.72. The first-order chi connectivity index (χ1) is 11.8. The van der Waals surface area contributed by atoms with E-state index in [0.717, 1.165) is 12.3 Å². The molecule has 1 aromatic carbocycles. The molecule has 0 aliphatic carbocycles. The Bertz CT molecular complexity index is 697. The van der Waals surface area contributed by atoms with E-state index in [1.54, 1.807) is 7.11 Å². The van der Waals surface area contributed by atoms with E-state index in [-0.39, 0.29) is 23.0 Å². The SMILES string of the molecule is CCNC(=NCC(C)(C)c1ccc(OC)cc1)NC1CCS(=O)(=O)C1. The smallest absolute Gasteiger partial charge is 0.191 e. The average Bonchev–Trinajstić information content (AvgIpc) is 2.91. The standard InChI is InChI=1S/C18H29N3O3S/c1-5-19-17(21-15-10-11-25(22,23)12-15)20-13-18(2,3)14-6-8-16(24-4)9-7-14/h6-9,15H,5,10-13H2,1-4H3,(H2,19,20,21). The van der Waals surface area contributed by atoms with Gasteiger partial charge in [0.15, 0.2) is 15.8 Å². The Morgan fingerprint density at radius 3 is 2.52 bits per heavy atom. The van der Waals surface area contributed by atoms with Crippen molar-refractivity contribution in [3.8, 4) is 5.75 Å². The lowest BCUT2D eigenvalue weighted by molar-refractivity contribution is 0.414. The predicted molar refractivity (Wildman–Crippen MR) is 102 cm³/mol. The molecule has 6 nitrogen and oxygen atoms in total. The number of hydrogen-bond donors (Lipinski definition) is 2. The van der Waals surface area contributed by atoms with E-state index < -0.39 is 9.84 Å². The number of ether oxygens (including phenoxy) is 1. The summed E-state index contributed by atoms with van der Waals surface area (Å²) in [6, 6.07) is 7.95. The molecule has 1 fully saturated rings. The molecular weight excluding hydrogens is 338 g/mol. The van der Waals surface area contributed by atoms with Gasteiger partial charge in [-0.1, -0.05) is 26.0 Å². The van der Waals surface area contributed by atoms with Crippen LogP contribution >= 0.6 is 0 Å². The zero-order valence-corrected chi connectivity index (χ0v) is 16.3. The van der Waals surface area contributed by atoms with Crippen LogP contribution in [0.4, 0.5) is 0 Å². The molecule has 1 atom stereocenters. The van der Waals surface area contributed by atoms with E-state index in [2.05, 4.69) is 41.6 Å². The highest BCUT2D eigenvalue weighted by atomic mass is 32.2. The molecule has 1 saturated heterocycles. The van der Waals surface area contributed by atoms with Gasteiger partial charge in [-0.15, -0.1) is 0 Å². The van der Waals surface area contributed by atoms with Crippen molar-refractivity contribution in [2.75, 3.05) is 31.7 Å². The molecule has 2 N–H and O–H groups in total. The lowest BCUT2D eigenvalue weighted by atomic mass is 9.85. The number of sulfone groups is 1. The maximum Gasteiger partial charge on any atom is 0.191 e. The van der Waals surface area contributed by atoms with Gasteiger partial charge in [0.25, 0.3) is 0 Å². The molecule has 140 valence electrons. The second-order valence-corrected chi connectivity index (χ2v) is 9.28. The molecule has 0 amide bonds. The van der Waals surface area contributed by atoms with Crippen LogP contribution in [-0.2, 0) is 15.3 Å². The van der Waals surface area contributed by atoms with Gasteiger partial charge in [0, 0.05) is 18.0 Å². The van der Waals surface area contributed by atoms with Crippen molar-refractivity contribution in [1.29, 1.82) is 0 Å². The zero-order chi connectivity index (χ0) is 18.5. The summed E-state index contributed by atoms with van der Waals surface area (Å²) in [6.45, 7) is 7.60. The highest BCUT2D eigenvalue weighted by molar-refractivity contribution is 7.91. The molecule has 1 heterocycles. The molecule has 1 aromatic rings. The van der Waals surface area contributed by atoms with Gasteiger partial charge >= 0.3 is 0 Å². The summed E-state index contributed by atoms with van der Waals surface area (Å²) in [4.78, 5) is 4.68. The van der Waals surface area contributed by atoms with E-state index in [1.165, 1.54) is 5.56 Å². The van der Waals surface area contributed by atoms with Gasteiger partial charge in [-0.05, 0) is 31.0 Å². The third kappa shape index (κ3) is 5.63. The fourth-order valence-electron chi connectivity index (χ4n) is 2.83. The Labute approximate surface area is 151 Å². The lowest BCUT2D eigenvalue weighted by Gasteiger charge is -2.24. The fraction of sp³-hybridized carbons (Fsp3) is 0.611. The molecule has 2 rings (SSSR count). The number of nitrogens with one attached hydrogen (secondary N) is 2. The largest absolute Gasteiger partial charge is 0.497 e. The van der Waals surface area contributed by atoms with Crippen molar-refractivity contribution in [2.45, 2.75) is 38.6 Å². The topological polar surface area (TPSA) is 79.8 Å². The lowest BCUT2D eigenvalue weighted by Crippen LogP contribution is -2.44. The van der Waals surface area contributed by atoms with E-state index in [0.29, 0.717) is 18.9 Å². The van der Waals surface area contributed by atoms with E-state index in [9.17, 15) is 8.42 Å². The summed E-state index contributed by atoms with van der Waals surface area (Å²) < 4.78 is 28.5. The van der Waals surface area contributed by atoms with Crippen LogP contribution in [0.1, 0.15) is 32.8 Å². The Morgan fingerprint density at radius 1 is 1.32 bits per heavy atom. The van der Waals surface area contributed by atoms with Crippen molar-refractivity contribution in [3.63, 3.8) is 0 Å². The minimum Gasteiger partial charge on any atom is -0.497 e. The molecule has 1 aliphatic heterocycles. The summed E-state index contributed by atoms with van der Waals surface area (Å²) in [7, 11) is -1.25. The molecule has 7 heteroatoms. The van der Waals surface area contributed by atoms with Crippen LogP contribution in [0.5, 0.6) is 5.75 Å². The third-order valence-corrected chi connectivity index (χ3v) is 6.19. The quantitative estimate of drug-likeness (QED) is 0.591. The van der Waals surface area contributed by atoms with Crippen LogP contribution in [-0.4, -0.2) is 52.1 Å². The average molecular weight is 368 g/mol. The van der Waals surface area contributed by atoms with Gasteiger partial charge < -0.3 is 15.4 Å². The van der Waals surface area contributed by atoms with Crippen molar-refractivity contribution in [2.24, 2.45) is 4.99 Å². The van der Waals surface area contributed by atoms with Gasteiger partial charge in [-0.2, -0.15) is 0 Å². The van der Waals surface area contributed by atoms with Crippen LogP contribution < -0.4 is 15.4 Å². The van der Waals surface area contributed by atoms with E-state index in [4.69, 9.17) is 4.74 Å². The highest BCUT2D eigenvalue weighted by Gasteiger charge is 2.28. The summed E-state index contributed by atoms with van der Waals surface area (Å²) >= 11 is 0. The Balaban J connectivity index is 2.05. The molecule has 0 bridgehead atoms. The number of aliphatic imine (C=N–C) groups is 1. The monoisotopic (exact) mass is 367 g/mol. The van der Waals surface area contributed by atoms with Crippen molar-refractivity contribution >= 4 is 15.8 Å². The highest BCUT2D eigenvalue weighted by Crippen LogP contribution is 2.25. The molecule has 0 saturated carbocycles. The van der Waals surface area contributed by atoms with Gasteiger partial charge in [0.2, 0.25) is 0 Å². The Morgan fingerprint density at radius 2 is 2.00 bits per heavy atom. The first-order valence-corrected chi connectivity index (χ1v) is 10.5. The maximum atomic E-state index is 11.6. The zero-order valence-electron chi connectivity index (χ0n) is 15.5. The molecule has 1 aliphatic rings. The van der Waals surface area contributed by atoms with Crippen molar-refractivity contribution < 1.29 is 13.2 Å². The maximum absolute atomic E-state index is 11.6. The van der Waals surface area contributed by atoms with Crippen LogP contribution in [0.2, 0.25) is 0 Å². The van der Waals surface area contributed by atoms with Gasteiger partial charge in [-0.25, -0.2) is 8.42 Å². The first kappa shape index (κ1) is 19.6. The molecule has 0 radical (unpaired) electrons. The van der Waals surface area contributed by atoms with E-state index >= 15 is 0 Å². The summed E-state index contributed by atoms with van der Waals surface area (Å²) in [6.07, 6.45) is 0.634. The van der Waals surface area contributed by atoms with Crippen molar-refractivity contribution in [1.82, 2.24) is 10.6 Å². The van der Waals surface area contributed by atoms with Gasteiger partial charge in [-0.3, -0.25) is 4.99 Å². The Kier molecular flexibility index (Phi) is 6.32. The number of hydrogen-bond acceptors (Lipinski definition) is 4. The fourth-order valence-corrected chi connectivity index (χ4v) is 4.51. The van der Waals surface area contributed by atoms with Crippen LogP contribution in [0.25, 0.3) is 0 Å². The number of benzene rings is 1. The second kappa shape index (κ2) is 8.08. The number of methoxy groups -OCH3 is 1. The number of nitrogens with zero attached hydrogens (tertiary/aromatic N) is 1. The minimum absolute atomic E-state index is 0.0631. The van der Waals surface area contributed by atoms with Crippen LogP contribution in [0.15, 0.2) is 29.3 Å². The molecule has 1 unspecified atom stereocenters. The molecular formula is C18H29N3O3S. The van der Waals surface area contributed by atoms with Crippen LogP contribution in [0, 0.1) is 0 Å². The van der Waals surface area contributed by atoms with Crippen LogP contribution in [0.3, 0.4) is 0 Å². The summed E-state index contributed by atoms with van der Waals surface area (Å²) in [5.74, 6) is 1.94. The first-order valence-electron chi connectivity index (χ1n) is 8.65.